The Morgan fingerprint density at radius 3 is 3.07 bits per heavy atom. The standard InChI is InChI=1S/C12H15NOS/c1-10-4-2-7-13(8-6-10)12(14)11-5-3-9-15-11/h3-5,9H,2,6-8H2,1H3. The number of carbonyl (C=O) groups excluding carboxylic acids is 1. The highest BCUT2D eigenvalue weighted by atomic mass is 32.1. The van der Waals surface area contributed by atoms with Crippen molar-refractivity contribution in [2.24, 2.45) is 0 Å². The molecule has 0 aromatic carbocycles. The van der Waals surface area contributed by atoms with Crippen LogP contribution in [0.15, 0.2) is 29.2 Å². The van der Waals surface area contributed by atoms with Crippen LogP contribution < -0.4 is 0 Å². The quantitative estimate of drug-likeness (QED) is 0.668. The molecule has 0 aliphatic carbocycles. The average Bonchev–Trinajstić information content (AvgIpc) is 2.67. The van der Waals surface area contributed by atoms with Crippen LogP contribution in [-0.4, -0.2) is 23.9 Å². The average molecular weight is 221 g/mol. The summed E-state index contributed by atoms with van der Waals surface area (Å²) in [6.07, 6.45) is 4.24. The van der Waals surface area contributed by atoms with Gasteiger partial charge in [0.25, 0.3) is 5.91 Å². The van der Waals surface area contributed by atoms with E-state index in [1.807, 2.05) is 22.4 Å². The molecule has 15 heavy (non-hydrogen) atoms. The van der Waals surface area contributed by atoms with Gasteiger partial charge in [-0.15, -0.1) is 11.3 Å². The highest BCUT2D eigenvalue weighted by Gasteiger charge is 2.17. The first-order valence-electron chi connectivity index (χ1n) is 5.26. The fourth-order valence-electron chi connectivity index (χ4n) is 1.75. The Labute approximate surface area is 94.2 Å². The van der Waals surface area contributed by atoms with E-state index in [-0.39, 0.29) is 5.91 Å². The lowest BCUT2D eigenvalue weighted by Crippen LogP contribution is -2.31. The van der Waals surface area contributed by atoms with E-state index < -0.39 is 0 Å². The van der Waals surface area contributed by atoms with Crippen LogP contribution in [0.25, 0.3) is 0 Å². The molecular weight excluding hydrogens is 206 g/mol. The summed E-state index contributed by atoms with van der Waals surface area (Å²) in [4.78, 5) is 14.8. The van der Waals surface area contributed by atoms with Crippen LogP contribution in [0.4, 0.5) is 0 Å². The third kappa shape index (κ3) is 2.48. The first-order valence-corrected chi connectivity index (χ1v) is 6.14. The molecule has 0 unspecified atom stereocenters. The van der Waals surface area contributed by atoms with E-state index in [1.165, 1.54) is 16.9 Å². The summed E-state index contributed by atoms with van der Waals surface area (Å²) in [6, 6.07) is 3.83. The molecule has 0 N–H and O–H groups in total. The smallest absolute Gasteiger partial charge is 0.263 e. The zero-order valence-corrected chi connectivity index (χ0v) is 9.72. The minimum absolute atomic E-state index is 0.188. The number of hydrogen-bond donors (Lipinski definition) is 0. The van der Waals surface area contributed by atoms with Gasteiger partial charge >= 0.3 is 0 Å². The maximum atomic E-state index is 12.0. The molecule has 0 bridgehead atoms. The first kappa shape index (κ1) is 10.4. The van der Waals surface area contributed by atoms with E-state index in [0.29, 0.717) is 0 Å². The topological polar surface area (TPSA) is 20.3 Å². The number of amides is 1. The van der Waals surface area contributed by atoms with Gasteiger partial charge in [-0.25, -0.2) is 0 Å². The molecule has 0 fully saturated rings. The minimum atomic E-state index is 0.188. The molecule has 2 heterocycles. The van der Waals surface area contributed by atoms with Gasteiger partial charge in [-0.2, -0.15) is 0 Å². The zero-order chi connectivity index (χ0) is 10.7. The number of thiophene rings is 1. The Bertz CT molecular complexity index is 367. The van der Waals surface area contributed by atoms with Crippen LogP contribution in [0.3, 0.4) is 0 Å². The van der Waals surface area contributed by atoms with Gasteiger partial charge in [0.1, 0.15) is 0 Å². The second kappa shape index (κ2) is 4.62. The fourth-order valence-corrected chi connectivity index (χ4v) is 2.44. The Balaban J connectivity index is 2.03. The Morgan fingerprint density at radius 2 is 2.33 bits per heavy atom. The second-order valence-electron chi connectivity index (χ2n) is 3.86. The summed E-state index contributed by atoms with van der Waals surface area (Å²) in [7, 11) is 0. The normalized spacial score (nSPS) is 17.1. The molecule has 2 rings (SSSR count). The zero-order valence-electron chi connectivity index (χ0n) is 8.90. The van der Waals surface area contributed by atoms with Gasteiger partial charge in [0.05, 0.1) is 4.88 Å². The summed E-state index contributed by atoms with van der Waals surface area (Å²) < 4.78 is 0. The highest BCUT2D eigenvalue weighted by Crippen LogP contribution is 2.16. The molecule has 0 atom stereocenters. The molecule has 0 spiro atoms. The van der Waals surface area contributed by atoms with Gasteiger partial charge in [0.2, 0.25) is 0 Å². The van der Waals surface area contributed by atoms with Crippen LogP contribution in [0.2, 0.25) is 0 Å². The van der Waals surface area contributed by atoms with Gasteiger partial charge < -0.3 is 4.90 Å². The summed E-state index contributed by atoms with van der Waals surface area (Å²) in [5.74, 6) is 0.188. The molecule has 0 saturated carbocycles. The van der Waals surface area contributed by atoms with Crippen molar-refractivity contribution < 1.29 is 4.79 Å². The Kier molecular flexibility index (Phi) is 3.21. The van der Waals surface area contributed by atoms with E-state index in [1.54, 1.807) is 0 Å². The summed E-state index contributed by atoms with van der Waals surface area (Å²) in [5, 5.41) is 1.95. The van der Waals surface area contributed by atoms with Gasteiger partial charge in [0, 0.05) is 13.1 Å². The van der Waals surface area contributed by atoms with Crippen LogP contribution in [0, 0.1) is 0 Å². The Hall–Kier alpha value is -1.09. The molecule has 3 heteroatoms. The molecule has 1 aliphatic rings. The van der Waals surface area contributed by atoms with Gasteiger partial charge in [-0.3, -0.25) is 4.79 Å². The third-order valence-corrected chi connectivity index (χ3v) is 3.54. The minimum Gasteiger partial charge on any atom is -0.337 e. The molecule has 1 aromatic rings. The van der Waals surface area contributed by atoms with E-state index in [0.717, 1.165) is 30.8 Å². The lowest BCUT2D eigenvalue weighted by molar-refractivity contribution is 0.0768. The Morgan fingerprint density at radius 1 is 1.47 bits per heavy atom. The lowest BCUT2D eigenvalue weighted by atomic mass is 10.2. The molecule has 1 aliphatic heterocycles. The number of rotatable bonds is 1. The number of hydrogen-bond acceptors (Lipinski definition) is 2. The number of nitrogens with zero attached hydrogens (tertiary/aromatic N) is 1. The van der Waals surface area contributed by atoms with Crippen molar-refractivity contribution in [3.05, 3.63) is 34.0 Å². The van der Waals surface area contributed by atoms with Crippen molar-refractivity contribution in [2.75, 3.05) is 13.1 Å². The van der Waals surface area contributed by atoms with Gasteiger partial charge in [-0.1, -0.05) is 17.7 Å². The molecular formula is C12H15NOS. The van der Waals surface area contributed by atoms with Crippen LogP contribution in [0.1, 0.15) is 29.4 Å². The predicted molar refractivity (Wildman–Crippen MR) is 63.2 cm³/mol. The fraction of sp³-hybridized carbons (Fsp3) is 0.417. The van der Waals surface area contributed by atoms with Crippen LogP contribution in [0.5, 0.6) is 0 Å². The van der Waals surface area contributed by atoms with E-state index in [9.17, 15) is 4.79 Å². The van der Waals surface area contributed by atoms with Gasteiger partial charge in [0.15, 0.2) is 0 Å². The summed E-state index contributed by atoms with van der Waals surface area (Å²) >= 11 is 1.52. The lowest BCUT2D eigenvalue weighted by Gasteiger charge is -2.19. The van der Waals surface area contributed by atoms with Crippen molar-refractivity contribution in [3.63, 3.8) is 0 Å². The molecule has 0 saturated heterocycles. The van der Waals surface area contributed by atoms with E-state index >= 15 is 0 Å². The summed E-state index contributed by atoms with van der Waals surface area (Å²) in [6.45, 7) is 3.85. The van der Waals surface area contributed by atoms with E-state index in [4.69, 9.17) is 0 Å². The summed E-state index contributed by atoms with van der Waals surface area (Å²) in [5.41, 5.74) is 1.40. The SMILES string of the molecule is CC1=CCCN(C(=O)c2cccs2)CC1. The monoisotopic (exact) mass is 221 g/mol. The molecule has 1 amide bonds. The molecule has 0 radical (unpaired) electrons. The van der Waals surface area contributed by atoms with E-state index in [2.05, 4.69) is 13.0 Å². The molecule has 2 nitrogen and oxygen atoms in total. The van der Waals surface area contributed by atoms with Crippen molar-refractivity contribution in [1.29, 1.82) is 0 Å². The maximum Gasteiger partial charge on any atom is 0.263 e. The number of carbonyl (C=O) groups is 1. The van der Waals surface area contributed by atoms with Crippen molar-refractivity contribution in [2.45, 2.75) is 19.8 Å². The van der Waals surface area contributed by atoms with Crippen LogP contribution >= 0.6 is 11.3 Å². The van der Waals surface area contributed by atoms with Crippen LogP contribution in [-0.2, 0) is 0 Å². The predicted octanol–water partition coefficient (Wildman–Crippen LogP) is 2.93. The molecule has 80 valence electrons. The van der Waals surface area contributed by atoms with Gasteiger partial charge in [-0.05, 0) is 31.2 Å². The largest absolute Gasteiger partial charge is 0.337 e. The maximum absolute atomic E-state index is 12.0. The highest BCUT2D eigenvalue weighted by molar-refractivity contribution is 7.12. The molecule has 1 aromatic heterocycles. The second-order valence-corrected chi connectivity index (χ2v) is 4.81. The van der Waals surface area contributed by atoms with Crippen molar-refractivity contribution in [3.8, 4) is 0 Å². The van der Waals surface area contributed by atoms with Crippen molar-refractivity contribution in [1.82, 2.24) is 4.90 Å². The van der Waals surface area contributed by atoms with Crippen molar-refractivity contribution >= 4 is 17.2 Å². The first-order chi connectivity index (χ1) is 7.27. The third-order valence-electron chi connectivity index (χ3n) is 2.69.